The van der Waals surface area contributed by atoms with Crippen LogP contribution >= 0.6 is 0 Å². The molecule has 0 radical (unpaired) electrons. The molecular weight excluding hydrogens is 290 g/mol. The Labute approximate surface area is 138 Å². The number of nitrogens with zero attached hydrogens (tertiary/aromatic N) is 1. The number of carbonyl (C=O) groups is 1. The lowest BCUT2D eigenvalue weighted by atomic mass is 9.70. The molecule has 4 nitrogen and oxygen atoms in total. The summed E-state index contributed by atoms with van der Waals surface area (Å²) in [6.07, 6.45) is 3.72. The first-order valence-corrected chi connectivity index (χ1v) is 8.59. The van der Waals surface area contributed by atoms with Gasteiger partial charge in [0.25, 0.3) is 0 Å². The van der Waals surface area contributed by atoms with Crippen LogP contribution in [0.4, 0.5) is 0 Å². The van der Waals surface area contributed by atoms with E-state index in [-0.39, 0.29) is 5.92 Å². The minimum Gasteiger partial charge on any atom is -0.481 e. The summed E-state index contributed by atoms with van der Waals surface area (Å²) in [6, 6.07) is 10.6. The Bertz CT molecular complexity index is 547. The molecule has 2 heterocycles. The van der Waals surface area contributed by atoms with Gasteiger partial charge < -0.3 is 15.1 Å². The molecule has 2 N–H and O–H groups in total. The summed E-state index contributed by atoms with van der Waals surface area (Å²) >= 11 is 0. The Morgan fingerprint density at radius 1 is 1.26 bits per heavy atom. The molecule has 4 heteroatoms. The zero-order valence-electron chi connectivity index (χ0n) is 14.0. The van der Waals surface area contributed by atoms with Crippen molar-refractivity contribution in [3.05, 3.63) is 35.9 Å². The van der Waals surface area contributed by atoms with E-state index >= 15 is 0 Å². The highest BCUT2D eigenvalue weighted by Crippen LogP contribution is 2.43. The number of aliphatic carboxylic acids is 1. The largest absolute Gasteiger partial charge is 0.481 e. The molecule has 2 saturated heterocycles. The van der Waals surface area contributed by atoms with Crippen molar-refractivity contribution in [1.82, 2.24) is 4.90 Å². The van der Waals surface area contributed by atoms with Crippen molar-refractivity contribution in [1.29, 1.82) is 0 Å². The van der Waals surface area contributed by atoms with Gasteiger partial charge >= 0.3 is 5.97 Å². The van der Waals surface area contributed by atoms with Crippen molar-refractivity contribution >= 4 is 5.97 Å². The van der Waals surface area contributed by atoms with Gasteiger partial charge in [-0.2, -0.15) is 0 Å². The van der Waals surface area contributed by atoms with Crippen molar-refractivity contribution in [3.63, 3.8) is 0 Å². The van der Waals surface area contributed by atoms with E-state index in [4.69, 9.17) is 0 Å². The van der Waals surface area contributed by atoms with E-state index in [1.54, 1.807) is 6.92 Å². The number of fused-ring (bicyclic) bond motifs is 2. The zero-order valence-corrected chi connectivity index (χ0v) is 14.0. The summed E-state index contributed by atoms with van der Waals surface area (Å²) in [5.74, 6) is -0.825. The van der Waals surface area contributed by atoms with Crippen molar-refractivity contribution in [2.45, 2.75) is 57.2 Å². The van der Waals surface area contributed by atoms with E-state index in [1.165, 1.54) is 12.8 Å². The van der Waals surface area contributed by atoms with Gasteiger partial charge in [0.2, 0.25) is 0 Å². The minimum atomic E-state index is -1.14. The summed E-state index contributed by atoms with van der Waals surface area (Å²) < 4.78 is 0. The Hall–Kier alpha value is -1.39. The Balaban J connectivity index is 1.79. The molecular formula is C19H27NO3. The number of hydrogen-bond acceptors (Lipinski definition) is 3. The van der Waals surface area contributed by atoms with Gasteiger partial charge in [-0.25, -0.2) is 0 Å². The van der Waals surface area contributed by atoms with E-state index in [9.17, 15) is 15.0 Å². The van der Waals surface area contributed by atoms with Crippen molar-refractivity contribution in [3.8, 4) is 0 Å². The maximum absolute atomic E-state index is 12.0. The van der Waals surface area contributed by atoms with Gasteiger partial charge in [0.15, 0.2) is 0 Å². The molecule has 0 aliphatic carbocycles. The number of aliphatic hydroxyl groups is 1. The third kappa shape index (κ3) is 3.02. The number of carboxylic acids is 1. The highest BCUT2D eigenvalue weighted by molar-refractivity contribution is 5.75. The lowest BCUT2D eigenvalue weighted by Crippen LogP contribution is -2.51. The lowest BCUT2D eigenvalue weighted by molar-refractivity contribution is -0.159. The number of aliphatic hydroxyl groups excluding tert-OH is 1. The summed E-state index contributed by atoms with van der Waals surface area (Å²) in [5.41, 5.74) is -0.172. The first-order chi connectivity index (χ1) is 10.9. The van der Waals surface area contributed by atoms with Gasteiger partial charge in [-0.05, 0) is 57.6 Å². The number of piperidine rings is 1. The Morgan fingerprint density at radius 2 is 1.83 bits per heavy atom. The quantitative estimate of drug-likeness (QED) is 0.876. The molecule has 4 atom stereocenters. The molecule has 1 aromatic carbocycles. The second-order valence-corrected chi connectivity index (χ2v) is 7.61. The molecule has 0 saturated carbocycles. The predicted octanol–water partition coefficient (Wildman–Crippen LogP) is 2.55. The molecule has 0 aromatic heterocycles. The SMILES string of the molecule is CN1C2CCC1CC(C(O)C(C)(Cc1ccccc1)C(=O)O)C2. The van der Waals surface area contributed by atoms with Crippen LogP contribution < -0.4 is 0 Å². The molecule has 126 valence electrons. The van der Waals surface area contributed by atoms with Crippen molar-refractivity contribution in [2.75, 3.05) is 7.05 Å². The second-order valence-electron chi connectivity index (χ2n) is 7.61. The van der Waals surface area contributed by atoms with Crippen LogP contribution in [-0.4, -0.2) is 46.3 Å². The Morgan fingerprint density at radius 3 is 2.35 bits per heavy atom. The highest BCUT2D eigenvalue weighted by Gasteiger charge is 2.49. The topological polar surface area (TPSA) is 60.8 Å². The maximum atomic E-state index is 12.0. The third-order valence-corrected chi connectivity index (χ3v) is 6.14. The van der Waals surface area contributed by atoms with Crippen molar-refractivity contribution in [2.24, 2.45) is 11.3 Å². The van der Waals surface area contributed by atoms with Crippen LogP contribution in [0.5, 0.6) is 0 Å². The van der Waals surface area contributed by atoms with Crippen LogP contribution in [-0.2, 0) is 11.2 Å². The highest BCUT2D eigenvalue weighted by atomic mass is 16.4. The maximum Gasteiger partial charge on any atom is 0.312 e. The summed E-state index contributed by atoms with van der Waals surface area (Å²) in [5, 5.41) is 20.8. The van der Waals surface area contributed by atoms with Crippen LogP contribution in [0.2, 0.25) is 0 Å². The standard InChI is InChI=1S/C19H27NO3/c1-19(18(22)23,12-13-6-4-3-5-7-13)17(21)14-10-15-8-9-16(11-14)20(15)2/h3-7,14-17,21H,8-12H2,1-2H3,(H,22,23). The summed E-state index contributed by atoms with van der Waals surface area (Å²) in [4.78, 5) is 14.4. The fourth-order valence-electron chi connectivity index (χ4n) is 4.56. The molecule has 0 spiro atoms. The molecule has 3 rings (SSSR count). The molecule has 2 fully saturated rings. The average molecular weight is 317 g/mol. The van der Waals surface area contributed by atoms with E-state index in [0.717, 1.165) is 18.4 Å². The van der Waals surface area contributed by atoms with E-state index in [1.807, 2.05) is 30.3 Å². The van der Waals surface area contributed by atoms with Crippen molar-refractivity contribution < 1.29 is 15.0 Å². The van der Waals surface area contributed by atoms with Gasteiger partial charge in [0, 0.05) is 12.1 Å². The van der Waals surface area contributed by atoms with Crippen LogP contribution in [0.1, 0.15) is 38.2 Å². The molecule has 1 aromatic rings. The van der Waals surface area contributed by atoms with Gasteiger partial charge in [-0.3, -0.25) is 4.79 Å². The van der Waals surface area contributed by atoms with Crippen LogP contribution in [0.3, 0.4) is 0 Å². The van der Waals surface area contributed by atoms with Crippen LogP contribution in [0, 0.1) is 11.3 Å². The molecule has 2 aliphatic heterocycles. The normalized spacial score (nSPS) is 31.5. The molecule has 23 heavy (non-hydrogen) atoms. The smallest absolute Gasteiger partial charge is 0.312 e. The molecule has 0 amide bonds. The second kappa shape index (κ2) is 6.25. The van der Waals surface area contributed by atoms with Gasteiger partial charge in [0.05, 0.1) is 11.5 Å². The number of carboxylic acid groups (broad SMARTS) is 1. The number of benzene rings is 1. The van der Waals surface area contributed by atoms with Gasteiger partial charge in [-0.1, -0.05) is 30.3 Å². The monoisotopic (exact) mass is 317 g/mol. The fourth-order valence-corrected chi connectivity index (χ4v) is 4.56. The number of hydrogen-bond donors (Lipinski definition) is 2. The van der Waals surface area contributed by atoms with Gasteiger partial charge in [-0.15, -0.1) is 0 Å². The van der Waals surface area contributed by atoms with E-state index < -0.39 is 17.5 Å². The predicted molar refractivity (Wildman–Crippen MR) is 89.2 cm³/mol. The van der Waals surface area contributed by atoms with Crippen LogP contribution in [0.15, 0.2) is 30.3 Å². The summed E-state index contributed by atoms with van der Waals surface area (Å²) in [7, 11) is 2.16. The fraction of sp³-hybridized carbons (Fsp3) is 0.632. The third-order valence-electron chi connectivity index (χ3n) is 6.14. The first-order valence-electron chi connectivity index (χ1n) is 8.59. The average Bonchev–Trinajstić information content (AvgIpc) is 2.76. The zero-order chi connectivity index (χ0) is 16.6. The Kier molecular flexibility index (Phi) is 4.47. The summed E-state index contributed by atoms with van der Waals surface area (Å²) in [6.45, 7) is 1.70. The first kappa shape index (κ1) is 16.5. The molecule has 2 aliphatic rings. The van der Waals surface area contributed by atoms with E-state index in [0.29, 0.717) is 18.5 Å². The van der Waals surface area contributed by atoms with Gasteiger partial charge in [0.1, 0.15) is 0 Å². The molecule has 4 unspecified atom stereocenters. The molecule has 2 bridgehead atoms. The van der Waals surface area contributed by atoms with Crippen LogP contribution in [0.25, 0.3) is 0 Å². The van der Waals surface area contributed by atoms with E-state index in [2.05, 4.69) is 11.9 Å². The minimum absolute atomic E-state index is 0.0773. The lowest BCUT2D eigenvalue weighted by Gasteiger charge is -2.42. The number of rotatable bonds is 5.